The fourth-order valence-electron chi connectivity index (χ4n) is 6.90. The zero-order valence-corrected chi connectivity index (χ0v) is 33.4. The average molecular weight is 928 g/mol. The summed E-state index contributed by atoms with van der Waals surface area (Å²) in [5.74, 6) is 0.0825. The normalized spacial score (nSPS) is 13.8. The number of fused-ring (bicyclic) bond motifs is 1. The Kier molecular flexibility index (Phi) is 7.49. The van der Waals surface area contributed by atoms with Crippen LogP contribution < -0.4 is 4.57 Å². The monoisotopic (exact) mass is 927 g/mol. The Morgan fingerprint density at radius 2 is 1.21 bits per heavy atom. The topological polar surface area (TPSA) is 41.9 Å². The van der Waals surface area contributed by atoms with E-state index in [1.165, 1.54) is 0 Å². The van der Waals surface area contributed by atoms with Gasteiger partial charge < -0.3 is 9.67 Å². The molecule has 0 radical (unpaired) electrons. The molecule has 0 spiro atoms. The van der Waals surface area contributed by atoms with Crippen LogP contribution in [0.1, 0.15) is 40.0 Å². The number of hydrogen-bond acceptors (Lipinski definition) is 2. The van der Waals surface area contributed by atoms with Crippen LogP contribution in [0.25, 0.3) is 78.3 Å². The Labute approximate surface area is 362 Å². The van der Waals surface area contributed by atoms with E-state index in [1.54, 1.807) is 39.5 Å². The molecule has 9 rings (SSSR count). The Morgan fingerprint density at radius 3 is 1.88 bits per heavy atom. The molecule has 0 saturated carbocycles. The third-order valence-electron chi connectivity index (χ3n) is 9.71. The first-order valence-electron chi connectivity index (χ1n) is 23.1. The Balaban J connectivity index is 0.00000608. The molecular weight excluding hydrogens is 878 g/mol. The van der Waals surface area contributed by atoms with Gasteiger partial charge in [0.25, 0.3) is 6.33 Å². The van der Waals surface area contributed by atoms with Gasteiger partial charge >= 0.3 is 21.1 Å². The van der Waals surface area contributed by atoms with E-state index in [0.717, 1.165) is 16.7 Å². The van der Waals surface area contributed by atoms with E-state index in [-0.39, 0.29) is 54.8 Å². The maximum Gasteiger partial charge on any atom is 2.00 e. The summed E-state index contributed by atoms with van der Waals surface area (Å²) in [7, 11) is 0. The SMILES string of the molecule is [2H]c1c([2H])c([2H])c(-c2cccc(-c3c([2H])c([2H])c([2H])c([2H])c3[2H])c2-[n+]2[c-]n(-c3[c-]c(-c4cc(-c5ccccc5)cc(-c5ccccc5O)n4)cc(C(C)(C)C)c3)c3ccccc32)c([2H])c1[2H].[Pt+2]. The van der Waals surface area contributed by atoms with Gasteiger partial charge in [-0.2, -0.15) is 0 Å². The summed E-state index contributed by atoms with van der Waals surface area (Å²) in [5, 5.41) is 11.0. The summed E-state index contributed by atoms with van der Waals surface area (Å²) >= 11 is 0. The first kappa shape index (κ1) is 27.3. The van der Waals surface area contributed by atoms with Crippen LogP contribution in [-0.4, -0.2) is 14.7 Å². The quantitative estimate of drug-likeness (QED) is 0.128. The van der Waals surface area contributed by atoms with Crippen molar-refractivity contribution in [1.82, 2.24) is 9.55 Å². The number of aromatic nitrogens is 3. The van der Waals surface area contributed by atoms with Crippen molar-refractivity contribution < 1.29 is 44.4 Å². The molecule has 57 heavy (non-hydrogen) atoms. The molecule has 4 nitrogen and oxygen atoms in total. The molecule has 5 heteroatoms. The van der Waals surface area contributed by atoms with Crippen molar-refractivity contribution >= 4 is 11.0 Å². The number of imidazole rings is 1. The third kappa shape index (κ3) is 7.37. The number of benzene rings is 7. The van der Waals surface area contributed by atoms with E-state index in [2.05, 4.69) is 33.2 Å². The van der Waals surface area contributed by atoms with Gasteiger partial charge in [0.05, 0.1) is 36.1 Å². The molecule has 0 aliphatic heterocycles. The number of pyridine rings is 1. The van der Waals surface area contributed by atoms with Crippen molar-refractivity contribution in [2.45, 2.75) is 26.2 Å². The minimum absolute atomic E-state index is 0. The van der Waals surface area contributed by atoms with Gasteiger partial charge in [-0.1, -0.05) is 172 Å². The van der Waals surface area contributed by atoms with Crippen molar-refractivity contribution in [1.29, 1.82) is 0 Å². The molecule has 1 N–H and O–H groups in total. The summed E-state index contributed by atoms with van der Waals surface area (Å²) in [5.41, 5.74) is 6.58. The number of nitrogens with zero attached hydrogens (tertiary/aromatic N) is 3. The summed E-state index contributed by atoms with van der Waals surface area (Å²) in [4.78, 5) is 5.12. The van der Waals surface area contributed by atoms with Crippen molar-refractivity contribution in [2.75, 3.05) is 0 Å². The first-order chi connectivity index (χ1) is 31.5. The molecular formula is C52H40N3OPt+. The van der Waals surface area contributed by atoms with Gasteiger partial charge in [-0.05, 0) is 68.4 Å². The van der Waals surface area contributed by atoms with Gasteiger partial charge in [-0.15, -0.1) is 29.3 Å². The molecule has 7 aromatic carbocycles. The van der Waals surface area contributed by atoms with Crippen LogP contribution in [-0.2, 0) is 26.5 Å². The van der Waals surface area contributed by atoms with E-state index in [9.17, 15) is 5.11 Å². The van der Waals surface area contributed by atoms with Gasteiger partial charge in [0, 0.05) is 5.56 Å². The van der Waals surface area contributed by atoms with Gasteiger partial charge in [-0.25, -0.2) is 0 Å². The van der Waals surface area contributed by atoms with Gasteiger partial charge in [0.2, 0.25) is 0 Å². The van der Waals surface area contributed by atoms with Crippen LogP contribution in [0.3, 0.4) is 0 Å². The summed E-state index contributed by atoms with van der Waals surface area (Å²) in [6.45, 7) is 6.28. The molecule has 2 heterocycles. The van der Waals surface area contributed by atoms with Crippen LogP contribution in [0.4, 0.5) is 0 Å². The molecule has 0 aliphatic rings. The number of para-hydroxylation sites is 4. The minimum atomic E-state index is -0.575. The maximum absolute atomic E-state index is 11.0. The Bertz CT molecular complexity index is 3300. The standard InChI is InChI=1S/C52H40N3O.Pt/c1-52(2,3)41-30-40(46-32-39(36-18-7-4-8-19-36)33-47(53-46)45-24-13-16-29-50(45)56)31-42(34-41)54-35-55(49-28-15-14-27-48(49)54)51-43(37-20-9-5-10-21-37)25-17-26-44(51)38-22-11-6-12-23-38;/h4-30,32-34,56H,1-3H3;/q-1;+2/i5D,6D,9D,10D,11D,12D,20D,21D,22D,23D;. The van der Waals surface area contributed by atoms with Crippen LogP contribution in [0, 0.1) is 12.4 Å². The van der Waals surface area contributed by atoms with E-state index in [4.69, 9.17) is 18.7 Å². The zero-order valence-electron chi connectivity index (χ0n) is 41.2. The van der Waals surface area contributed by atoms with Gasteiger partial charge in [-0.3, -0.25) is 9.55 Å². The van der Waals surface area contributed by atoms with Crippen molar-refractivity contribution in [2.24, 2.45) is 0 Å². The number of rotatable bonds is 7. The summed E-state index contributed by atoms with van der Waals surface area (Å²) < 4.78 is 90.7. The molecule has 0 aliphatic carbocycles. The number of phenolic OH excluding ortho intramolecular Hbond substituents is 1. The van der Waals surface area contributed by atoms with Crippen LogP contribution >= 0.6 is 0 Å². The summed E-state index contributed by atoms with van der Waals surface area (Å²) in [6, 6.07) is 35.4. The van der Waals surface area contributed by atoms with E-state index in [1.807, 2.05) is 91.0 Å². The van der Waals surface area contributed by atoms with Gasteiger partial charge in [0.1, 0.15) is 5.75 Å². The second-order valence-corrected chi connectivity index (χ2v) is 14.4. The largest absolute Gasteiger partial charge is 2.00 e. The van der Waals surface area contributed by atoms with Crippen LogP contribution in [0.15, 0.2) is 182 Å². The molecule has 0 bridgehead atoms. The van der Waals surface area contributed by atoms with E-state index < -0.39 is 65.8 Å². The predicted octanol–water partition coefficient (Wildman–Crippen LogP) is 12.2. The molecule has 0 unspecified atom stereocenters. The fraction of sp³-hybridized carbons (Fsp3) is 0.0769. The molecule has 0 fully saturated rings. The van der Waals surface area contributed by atoms with Crippen molar-refractivity contribution in [3.8, 4) is 73.0 Å². The molecule has 278 valence electrons. The third-order valence-corrected chi connectivity index (χ3v) is 9.71. The molecule has 0 amide bonds. The van der Waals surface area contributed by atoms with Crippen LogP contribution in [0.5, 0.6) is 5.75 Å². The Morgan fingerprint density at radius 1 is 0.614 bits per heavy atom. The smallest absolute Gasteiger partial charge is 0.507 e. The molecule has 0 saturated heterocycles. The first-order valence-corrected chi connectivity index (χ1v) is 18.1. The fourth-order valence-corrected chi connectivity index (χ4v) is 6.90. The predicted molar refractivity (Wildman–Crippen MR) is 228 cm³/mol. The molecule has 9 aromatic rings. The Hall–Kier alpha value is -6.35. The second-order valence-electron chi connectivity index (χ2n) is 14.4. The maximum atomic E-state index is 11.0. The summed E-state index contributed by atoms with van der Waals surface area (Å²) in [6.07, 6.45) is 3.48. The number of hydrogen-bond donors (Lipinski definition) is 1. The van der Waals surface area contributed by atoms with Crippen LogP contribution in [0.2, 0.25) is 0 Å². The molecule has 0 atom stereocenters. The van der Waals surface area contributed by atoms with E-state index in [0.29, 0.717) is 39.2 Å². The van der Waals surface area contributed by atoms with Gasteiger partial charge in [0.15, 0.2) is 0 Å². The van der Waals surface area contributed by atoms with Crippen molar-refractivity contribution in [3.05, 3.63) is 200 Å². The minimum Gasteiger partial charge on any atom is -0.507 e. The average Bonchev–Trinajstić information content (AvgIpc) is 3.71. The van der Waals surface area contributed by atoms with E-state index >= 15 is 0 Å². The molecule has 2 aromatic heterocycles. The number of phenols is 1. The number of aromatic hydroxyl groups is 1. The second kappa shape index (κ2) is 15.7. The zero-order chi connectivity index (χ0) is 46.9. The van der Waals surface area contributed by atoms with Crippen molar-refractivity contribution in [3.63, 3.8) is 0 Å².